The van der Waals surface area contributed by atoms with E-state index in [4.69, 9.17) is 0 Å². The van der Waals surface area contributed by atoms with Crippen LogP contribution in [0.3, 0.4) is 0 Å². The Morgan fingerprint density at radius 2 is 1.26 bits per heavy atom. The van der Waals surface area contributed by atoms with Crippen LogP contribution >= 0.6 is 0 Å². The summed E-state index contributed by atoms with van der Waals surface area (Å²) in [7, 11) is 0. The lowest BCUT2D eigenvalue weighted by Gasteiger charge is -2.30. The molecular weight excluding hydrogens is 541 g/mol. The van der Waals surface area contributed by atoms with Crippen LogP contribution < -0.4 is 21.3 Å². The van der Waals surface area contributed by atoms with Crippen molar-refractivity contribution in [1.29, 1.82) is 0 Å². The number of nitrogens with one attached hydrogen (secondary N) is 4. The zero-order valence-corrected chi connectivity index (χ0v) is 25.5. The average molecular weight is 588 g/mol. The van der Waals surface area contributed by atoms with E-state index >= 15 is 0 Å². The Hall–Kier alpha value is -3.50. The molecule has 0 radical (unpaired) electrons. The van der Waals surface area contributed by atoms with E-state index in [1.54, 1.807) is 26.0 Å². The summed E-state index contributed by atoms with van der Waals surface area (Å²) in [6, 6.07) is 0.973. The summed E-state index contributed by atoms with van der Waals surface area (Å²) in [6.07, 6.45) is 1.71. The number of carbonyl (C=O) groups is 5. The minimum absolute atomic E-state index is 0.0293. The van der Waals surface area contributed by atoms with E-state index in [9.17, 15) is 28.4 Å². The molecule has 1 aromatic rings. The van der Waals surface area contributed by atoms with Gasteiger partial charge in [-0.15, -0.1) is 0 Å². The summed E-state index contributed by atoms with van der Waals surface area (Å²) in [5, 5.41) is 11.3. The third kappa shape index (κ3) is 8.75. The largest absolute Gasteiger partial charge is 0.343 e. The van der Waals surface area contributed by atoms with Gasteiger partial charge in [-0.1, -0.05) is 53.7 Å². The monoisotopic (exact) mass is 587 g/mol. The van der Waals surface area contributed by atoms with E-state index in [1.165, 1.54) is 17.0 Å². The van der Waals surface area contributed by atoms with Gasteiger partial charge in [0.25, 0.3) is 0 Å². The van der Waals surface area contributed by atoms with Crippen molar-refractivity contribution in [3.8, 4) is 0 Å². The number of hydrogen-bond donors (Lipinski definition) is 4. The molecule has 2 aliphatic heterocycles. The lowest BCUT2D eigenvalue weighted by molar-refractivity contribution is -0.142. The van der Waals surface area contributed by atoms with E-state index in [1.807, 2.05) is 27.7 Å². The third-order valence-electron chi connectivity index (χ3n) is 7.73. The van der Waals surface area contributed by atoms with Crippen LogP contribution in [0.1, 0.15) is 72.8 Å². The van der Waals surface area contributed by atoms with Crippen molar-refractivity contribution in [2.75, 3.05) is 6.54 Å². The maximum Gasteiger partial charge on any atom is 0.246 e. The fourth-order valence-electron chi connectivity index (χ4n) is 5.56. The molecule has 0 unspecified atom stereocenters. The Kier molecular flexibility index (Phi) is 11.5. The fourth-order valence-corrected chi connectivity index (χ4v) is 5.56. The molecule has 42 heavy (non-hydrogen) atoms. The summed E-state index contributed by atoms with van der Waals surface area (Å²) < 4.78 is 13.6. The smallest absolute Gasteiger partial charge is 0.246 e. The van der Waals surface area contributed by atoms with Crippen LogP contribution in [0, 0.1) is 23.6 Å². The molecule has 2 aliphatic rings. The first-order valence-corrected chi connectivity index (χ1v) is 15.0. The van der Waals surface area contributed by atoms with Gasteiger partial charge >= 0.3 is 0 Å². The second kappa shape index (κ2) is 14.6. The number of rotatable bonds is 7. The van der Waals surface area contributed by atoms with Crippen molar-refractivity contribution in [3.05, 3.63) is 35.6 Å². The molecule has 2 saturated heterocycles. The second-order valence-corrected chi connectivity index (χ2v) is 12.7. The Morgan fingerprint density at radius 3 is 1.81 bits per heavy atom. The molecule has 5 amide bonds. The predicted octanol–water partition coefficient (Wildman–Crippen LogP) is 2.06. The van der Waals surface area contributed by atoms with Gasteiger partial charge in [0, 0.05) is 13.0 Å². The van der Waals surface area contributed by atoms with Gasteiger partial charge in [0.05, 0.1) is 0 Å². The lowest BCUT2D eigenvalue weighted by atomic mass is 9.98. The highest BCUT2D eigenvalue weighted by molar-refractivity contribution is 5.98. The van der Waals surface area contributed by atoms with E-state index < -0.39 is 65.6 Å². The van der Waals surface area contributed by atoms with Gasteiger partial charge in [0.1, 0.15) is 36.0 Å². The quantitative estimate of drug-likeness (QED) is 0.387. The molecule has 4 N–H and O–H groups in total. The van der Waals surface area contributed by atoms with Gasteiger partial charge < -0.3 is 26.2 Å². The van der Waals surface area contributed by atoms with Crippen molar-refractivity contribution in [1.82, 2.24) is 26.2 Å². The standard InChI is InChI=1S/C31H46FN5O5/c1-17(2)14-22-27(38)35-24(16-20-9-11-21(32)12-10-20)31(42)37-13-7-8-25(37)29(40)33-23(15-18(3)4)28(39)36-26(19(5)6)30(41)34-22/h9-12,17-19,22-26H,7-8,13-16H2,1-6H3,(H,33,40)(H,34,41)(H,35,38)(H,36,39)/t22-,23-,24-,25-,26-/m0/s1. The van der Waals surface area contributed by atoms with E-state index in [0.717, 1.165) is 0 Å². The Morgan fingerprint density at radius 1 is 0.738 bits per heavy atom. The van der Waals surface area contributed by atoms with E-state index in [-0.39, 0.29) is 24.2 Å². The highest BCUT2D eigenvalue weighted by atomic mass is 19.1. The average Bonchev–Trinajstić information content (AvgIpc) is 3.40. The molecule has 0 spiro atoms. The van der Waals surface area contributed by atoms with Gasteiger partial charge in [-0.25, -0.2) is 4.39 Å². The molecule has 5 atom stereocenters. The summed E-state index contributed by atoms with van der Waals surface area (Å²) >= 11 is 0. The Bertz CT molecular complexity index is 1140. The third-order valence-corrected chi connectivity index (χ3v) is 7.73. The fraction of sp³-hybridized carbons (Fsp3) is 0.645. The first-order chi connectivity index (χ1) is 19.8. The van der Waals surface area contributed by atoms with Gasteiger partial charge in [0.2, 0.25) is 29.5 Å². The van der Waals surface area contributed by atoms with Crippen LogP contribution in [0.2, 0.25) is 0 Å². The van der Waals surface area contributed by atoms with Crippen LogP contribution in [0.4, 0.5) is 4.39 Å². The maximum absolute atomic E-state index is 14.0. The molecule has 10 nitrogen and oxygen atoms in total. The minimum atomic E-state index is -1.06. The highest BCUT2D eigenvalue weighted by Crippen LogP contribution is 2.21. The summed E-state index contributed by atoms with van der Waals surface area (Å²) in [4.78, 5) is 69.6. The number of fused-ring (bicyclic) bond motifs is 1. The molecular formula is C31H46FN5O5. The van der Waals surface area contributed by atoms with Crippen LogP contribution in [0.15, 0.2) is 24.3 Å². The zero-order chi connectivity index (χ0) is 31.1. The van der Waals surface area contributed by atoms with E-state index in [2.05, 4.69) is 21.3 Å². The number of hydrogen-bond acceptors (Lipinski definition) is 5. The van der Waals surface area contributed by atoms with Crippen LogP contribution in [0.25, 0.3) is 0 Å². The van der Waals surface area contributed by atoms with Crippen molar-refractivity contribution in [2.24, 2.45) is 17.8 Å². The highest BCUT2D eigenvalue weighted by Gasteiger charge is 2.41. The van der Waals surface area contributed by atoms with Crippen molar-refractivity contribution >= 4 is 29.5 Å². The van der Waals surface area contributed by atoms with Gasteiger partial charge in [-0.05, 0) is 61.1 Å². The molecule has 0 saturated carbocycles. The van der Waals surface area contributed by atoms with Crippen molar-refractivity contribution in [2.45, 2.75) is 104 Å². The van der Waals surface area contributed by atoms with Crippen LogP contribution in [0.5, 0.6) is 0 Å². The normalized spacial score (nSPS) is 26.4. The molecule has 2 fully saturated rings. The summed E-state index contributed by atoms with van der Waals surface area (Å²) in [5.41, 5.74) is 0.629. The van der Waals surface area contributed by atoms with Crippen molar-refractivity contribution in [3.63, 3.8) is 0 Å². The zero-order valence-electron chi connectivity index (χ0n) is 25.5. The molecule has 0 aromatic heterocycles. The summed E-state index contributed by atoms with van der Waals surface area (Å²) in [5.74, 6) is -3.09. The van der Waals surface area contributed by atoms with Crippen LogP contribution in [-0.4, -0.2) is 71.2 Å². The number of nitrogens with zero attached hydrogens (tertiary/aromatic N) is 1. The molecule has 0 aliphatic carbocycles. The van der Waals surface area contributed by atoms with Crippen molar-refractivity contribution < 1.29 is 28.4 Å². The van der Waals surface area contributed by atoms with Gasteiger partial charge in [-0.3, -0.25) is 24.0 Å². The topological polar surface area (TPSA) is 137 Å². The summed E-state index contributed by atoms with van der Waals surface area (Å²) in [6.45, 7) is 11.6. The van der Waals surface area contributed by atoms with Gasteiger partial charge in [0.15, 0.2) is 0 Å². The first-order valence-electron chi connectivity index (χ1n) is 15.0. The number of carbonyl (C=O) groups excluding carboxylic acids is 5. The molecule has 3 rings (SSSR count). The SMILES string of the molecule is CC(C)C[C@@H]1NC(=O)[C@H](C(C)C)NC(=O)[C@H](CC(C)C)NC(=O)[C@@H]2CCCN2C(=O)[C@H](Cc2ccc(F)cc2)NC1=O. The predicted molar refractivity (Wildman–Crippen MR) is 156 cm³/mol. The Balaban J connectivity index is 2.05. The molecule has 2 heterocycles. The first kappa shape index (κ1) is 33.0. The van der Waals surface area contributed by atoms with Gasteiger partial charge in [-0.2, -0.15) is 0 Å². The second-order valence-electron chi connectivity index (χ2n) is 12.7. The molecule has 0 bridgehead atoms. The molecule has 11 heteroatoms. The number of halogens is 1. The number of amides is 5. The molecule has 1 aromatic carbocycles. The Labute approximate surface area is 247 Å². The van der Waals surface area contributed by atoms with Crippen LogP contribution in [-0.2, 0) is 30.4 Å². The lowest BCUT2D eigenvalue weighted by Crippen LogP contribution is -2.59. The minimum Gasteiger partial charge on any atom is -0.343 e. The number of benzene rings is 1. The molecule has 232 valence electrons. The maximum atomic E-state index is 14.0. The van der Waals surface area contributed by atoms with E-state index in [0.29, 0.717) is 37.8 Å².